The van der Waals surface area contributed by atoms with Crippen molar-refractivity contribution >= 4 is 16.9 Å². The molecular formula is C16H18N2S. The number of rotatable bonds is 3. The lowest BCUT2D eigenvalue weighted by Gasteiger charge is -2.21. The summed E-state index contributed by atoms with van der Waals surface area (Å²) in [7, 11) is 1.81. The van der Waals surface area contributed by atoms with Crippen molar-refractivity contribution in [1.29, 1.82) is 0 Å². The molecule has 2 rings (SSSR count). The number of benzene rings is 2. The number of nitrogens with zero attached hydrogens (tertiary/aromatic N) is 1. The number of nitrogens with one attached hydrogen (secondary N) is 1. The molecule has 0 saturated heterocycles. The average Bonchev–Trinajstić information content (AvgIpc) is 2.50. The quantitative estimate of drug-likeness (QED) is 0.679. The van der Waals surface area contributed by atoms with Crippen molar-refractivity contribution < 1.29 is 0 Å². The SMILES string of the molecule is CN=C(NC(c1ccccc1)c1ccccc1)SC. The largest absolute Gasteiger partial charge is 0.354 e. The highest BCUT2D eigenvalue weighted by atomic mass is 32.2. The first-order chi connectivity index (χ1) is 9.35. The molecule has 0 radical (unpaired) electrons. The van der Waals surface area contributed by atoms with Crippen LogP contribution in [0.3, 0.4) is 0 Å². The van der Waals surface area contributed by atoms with E-state index in [4.69, 9.17) is 0 Å². The molecule has 0 heterocycles. The Morgan fingerprint density at radius 2 is 1.42 bits per heavy atom. The second-order valence-electron chi connectivity index (χ2n) is 4.13. The van der Waals surface area contributed by atoms with Gasteiger partial charge in [-0.2, -0.15) is 0 Å². The molecule has 0 aliphatic heterocycles. The Morgan fingerprint density at radius 1 is 0.947 bits per heavy atom. The standard InChI is InChI=1S/C16H18N2S/c1-17-16(19-2)18-15(13-9-5-3-6-10-13)14-11-7-4-8-12-14/h3-12,15H,1-2H3,(H,17,18). The monoisotopic (exact) mass is 270 g/mol. The lowest BCUT2D eigenvalue weighted by Crippen LogP contribution is -2.27. The first-order valence-electron chi connectivity index (χ1n) is 6.22. The van der Waals surface area contributed by atoms with Gasteiger partial charge in [0.2, 0.25) is 0 Å². The minimum absolute atomic E-state index is 0.133. The third kappa shape index (κ3) is 3.61. The molecule has 19 heavy (non-hydrogen) atoms. The number of hydrogen-bond donors (Lipinski definition) is 1. The zero-order valence-corrected chi connectivity index (χ0v) is 12.0. The van der Waals surface area contributed by atoms with Gasteiger partial charge in [-0.15, -0.1) is 0 Å². The van der Waals surface area contributed by atoms with Crippen LogP contribution in [0.2, 0.25) is 0 Å². The lowest BCUT2D eigenvalue weighted by molar-refractivity contribution is 0.769. The first-order valence-corrected chi connectivity index (χ1v) is 7.45. The average molecular weight is 270 g/mol. The van der Waals surface area contributed by atoms with Crippen molar-refractivity contribution in [2.45, 2.75) is 6.04 Å². The molecule has 0 spiro atoms. The van der Waals surface area contributed by atoms with E-state index >= 15 is 0 Å². The van der Waals surface area contributed by atoms with E-state index in [2.05, 4.69) is 58.8 Å². The van der Waals surface area contributed by atoms with Crippen LogP contribution in [0.1, 0.15) is 17.2 Å². The van der Waals surface area contributed by atoms with Gasteiger partial charge in [-0.3, -0.25) is 4.99 Å². The van der Waals surface area contributed by atoms with Gasteiger partial charge in [-0.05, 0) is 17.4 Å². The molecule has 0 atom stereocenters. The number of aliphatic imine (C=N–C) groups is 1. The number of hydrogen-bond acceptors (Lipinski definition) is 2. The molecule has 0 aromatic heterocycles. The van der Waals surface area contributed by atoms with Gasteiger partial charge in [0.05, 0.1) is 6.04 Å². The van der Waals surface area contributed by atoms with Gasteiger partial charge in [-0.1, -0.05) is 72.4 Å². The minimum Gasteiger partial charge on any atom is -0.354 e. The van der Waals surface area contributed by atoms with Crippen LogP contribution in [0.15, 0.2) is 65.7 Å². The molecule has 0 unspecified atom stereocenters. The summed E-state index contributed by atoms with van der Waals surface area (Å²) in [6.07, 6.45) is 2.03. The van der Waals surface area contributed by atoms with Gasteiger partial charge in [0.1, 0.15) is 0 Å². The summed E-state index contributed by atoms with van der Waals surface area (Å²) in [5, 5.41) is 4.44. The van der Waals surface area contributed by atoms with Crippen LogP contribution >= 0.6 is 11.8 Å². The van der Waals surface area contributed by atoms with E-state index in [1.165, 1.54) is 11.1 Å². The van der Waals surface area contributed by atoms with E-state index in [1.54, 1.807) is 11.8 Å². The molecule has 2 nitrogen and oxygen atoms in total. The van der Waals surface area contributed by atoms with Crippen LogP contribution in [0.25, 0.3) is 0 Å². The molecule has 0 fully saturated rings. The predicted molar refractivity (Wildman–Crippen MR) is 84.7 cm³/mol. The Labute approximate surface area is 119 Å². The van der Waals surface area contributed by atoms with Crippen LogP contribution in [0, 0.1) is 0 Å². The van der Waals surface area contributed by atoms with Crippen LogP contribution < -0.4 is 5.32 Å². The van der Waals surface area contributed by atoms with Crippen LogP contribution in [-0.2, 0) is 0 Å². The van der Waals surface area contributed by atoms with E-state index < -0.39 is 0 Å². The fourth-order valence-electron chi connectivity index (χ4n) is 1.99. The van der Waals surface area contributed by atoms with Crippen molar-refractivity contribution in [3.8, 4) is 0 Å². The molecule has 0 aliphatic rings. The van der Waals surface area contributed by atoms with Gasteiger partial charge in [0, 0.05) is 7.05 Å². The summed E-state index contributed by atoms with van der Waals surface area (Å²) >= 11 is 1.63. The van der Waals surface area contributed by atoms with Gasteiger partial charge in [-0.25, -0.2) is 0 Å². The molecule has 1 N–H and O–H groups in total. The fourth-order valence-corrected chi connectivity index (χ4v) is 2.41. The lowest BCUT2D eigenvalue weighted by atomic mass is 9.99. The maximum Gasteiger partial charge on any atom is 0.156 e. The summed E-state index contributed by atoms with van der Waals surface area (Å²) in [4.78, 5) is 4.27. The maximum atomic E-state index is 4.27. The highest BCUT2D eigenvalue weighted by molar-refractivity contribution is 8.13. The summed E-state index contributed by atoms with van der Waals surface area (Å²) in [5.74, 6) is 0. The summed E-state index contributed by atoms with van der Waals surface area (Å²) in [6, 6.07) is 21.0. The number of amidine groups is 1. The minimum atomic E-state index is 0.133. The summed E-state index contributed by atoms with van der Waals surface area (Å²) in [6.45, 7) is 0. The second-order valence-corrected chi connectivity index (χ2v) is 4.93. The zero-order chi connectivity index (χ0) is 13.5. The van der Waals surface area contributed by atoms with Crippen LogP contribution in [0.4, 0.5) is 0 Å². The van der Waals surface area contributed by atoms with Crippen molar-refractivity contribution in [2.24, 2.45) is 4.99 Å². The zero-order valence-electron chi connectivity index (χ0n) is 11.2. The van der Waals surface area contributed by atoms with E-state index in [0.29, 0.717) is 0 Å². The van der Waals surface area contributed by atoms with Gasteiger partial charge >= 0.3 is 0 Å². The normalized spacial score (nSPS) is 11.6. The van der Waals surface area contributed by atoms with E-state index in [1.807, 2.05) is 25.4 Å². The smallest absolute Gasteiger partial charge is 0.156 e. The molecule has 2 aromatic carbocycles. The van der Waals surface area contributed by atoms with Crippen LogP contribution in [0.5, 0.6) is 0 Å². The summed E-state index contributed by atoms with van der Waals surface area (Å²) in [5.41, 5.74) is 2.48. The Morgan fingerprint density at radius 3 is 1.79 bits per heavy atom. The third-order valence-electron chi connectivity index (χ3n) is 2.93. The predicted octanol–water partition coefficient (Wildman–Crippen LogP) is 3.71. The topological polar surface area (TPSA) is 24.4 Å². The van der Waals surface area contributed by atoms with Crippen molar-refractivity contribution in [2.75, 3.05) is 13.3 Å². The molecular weight excluding hydrogens is 252 g/mol. The van der Waals surface area contributed by atoms with Gasteiger partial charge in [0.15, 0.2) is 5.17 Å². The number of thioether (sulfide) groups is 1. The van der Waals surface area contributed by atoms with E-state index in [0.717, 1.165) is 5.17 Å². The Hall–Kier alpha value is -1.74. The van der Waals surface area contributed by atoms with E-state index in [-0.39, 0.29) is 6.04 Å². The first kappa shape index (κ1) is 13.7. The third-order valence-corrected chi connectivity index (χ3v) is 3.62. The molecule has 2 aromatic rings. The highest BCUT2D eigenvalue weighted by Gasteiger charge is 2.14. The molecule has 0 saturated carbocycles. The van der Waals surface area contributed by atoms with Crippen molar-refractivity contribution in [1.82, 2.24) is 5.32 Å². The molecule has 0 bridgehead atoms. The molecule has 3 heteroatoms. The van der Waals surface area contributed by atoms with Crippen molar-refractivity contribution in [3.05, 3.63) is 71.8 Å². The van der Waals surface area contributed by atoms with Crippen LogP contribution in [-0.4, -0.2) is 18.5 Å². The van der Waals surface area contributed by atoms with Crippen molar-refractivity contribution in [3.63, 3.8) is 0 Å². The Balaban J connectivity index is 2.34. The maximum absolute atomic E-state index is 4.27. The van der Waals surface area contributed by atoms with E-state index in [9.17, 15) is 0 Å². The Bertz CT molecular complexity index is 483. The molecule has 98 valence electrons. The Kier molecular flexibility index (Phi) is 5.04. The highest BCUT2D eigenvalue weighted by Crippen LogP contribution is 2.22. The second kappa shape index (κ2) is 7.00. The fraction of sp³-hybridized carbons (Fsp3) is 0.188. The van der Waals surface area contributed by atoms with Gasteiger partial charge in [0.25, 0.3) is 0 Å². The summed E-state index contributed by atoms with van der Waals surface area (Å²) < 4.78 is 0. The van der Waals surface area contributed by atoms with Gasteiger partial charge < -0.3 is 5.32 Å². The molecule has 0 amide bonds. The molecule has 0 aliphatic carbocycles.